The van der Waals surface area contributed by atoms with E-state index in [4.69, 9.17) is 4.74 Å². The summed E-state index contributed by atoms with van der Waals surface area (Å²) in [5.74, 6) is 0.678. The maximum atomic E-state index is 12.8. The van der Waals surface area contributed by atoms with E-state index in [1.54, 1.807) is 6.21 Å². The fourth-order valence-electron chi connectivity index (χ4n) is 4.16. The van der Waals surface area contributed by atoms with Gasteiger partial charge in [0.25, 0.3) is 5.91 Å². The normalized spacial score (nSPS) is 20.3. The number of ether oxygens (including phenoxy) is 1. The molecule has 3 aromatic rings. The maximum Gasteiger partial charge on any atom is 0.258 e. The zero-order valence-electron chi connectivity index (χ0n) is 19.4. The van der Waals surface area contributed by atoms with Crippen LogP contribution in [0.1, 0.15) is 42.4 Å². The molecule has 0 spiro atoms. The first-order valence-electron chi connectivity index (χ1n) is 11.2. The van der Waals surface area contributed by atoms with Gasteiger partial charge < -0.3 is 4.74 Å². The lowest BCUT2D eigenvalue weighted by molar-refractivity contribution is -0.123. The molecule has 4 rings (SSSR count). The van der Waals surface area contributed by atoms with Crippen LogP contribution >= 0.6 is 0 Å². The predicted octanol–water partition coefficient (Wildman–Crippen LogP) is 3.19. The molecule has 8 heteroatoms. The van der Waals surface area contributed by atoms with Crippen molar-refractivity contribution >= 4 is 12.1 Å². The molecule has 0 saturated carbocycles. The Hall–Kier alpha value is -3.49. The second-order valence-corrected chi connectivity index (χ2v) is 8.17. The molecule has 2 heterocycles. The van der Waals surface area contributed by atoms with Gasteiger partial charge in [0.1, 0.15) is 11.8 Å². The summed E-state index contributed by atoms with van der Waals surface area (Å²) in [5.41, 5.74) is 13.8. The molecule has 3 unspecified atom stereocenters. The van der Waals surface area contributed by atoms with Gasteiger partial charge in [0.2, 0.25) is 0 Å². The van der Waals surface area contributed by atoms with E-state index in [2.05, 4.69) is 26.5 Å². The number of benzene rings is 2. The van der Waals surface area contributed by atoms with E-state index >= 15 is 0 Å². The highest BCUT2D eigenvalue weighted by atomic mass is 16.5. The Morgan fingerprint density at radius 1 is 1.15 bits per heavy atom. The van der Waals surface area contributed by atoms with Gasteiger partial charge in [0.05, 0.1) is 35.9 Å². The van der Waals surface area contributed by atoms with E-state index < -0.39 is 6.04 Å². The SMILES string of the molecule is CCOc1ccc(C2NNC(C(=O)N/N=C/c3c(C)nn(-c4ccccc4)c3C)C2C)cc1. The minimum atomic E-state index is -0.409. The van der Waals surface area contributed by atoms with E-state index in [0.29, 0.717) is 6.61 Å². The van der Waals surface area contributed by atoms with Crippen LogP contribution in [0.25, 0.3) is 5.69 Å². The van der Waals surface area contributed by atoms with Crippen LogP contribution in [0.4, 0.5) is 0 Å². The predicted molar refractivity (Wildman–Crippen MR) is 128 cm³/mol. The largest absolute Gasteiger partial charge is 0.494 e. The number of aromatic nitrogens is 2. The Labute approximate surface area is 194 Å². The number of hydrazine groups is 1. The summed E-state index contributed by atoms with van der Waals surface area (Å²) < 4.78 is 7.39. The fraction of sp³-hybridized carbons (Fsp3) is 0.320. The first kappa shape index (κ1) is 22.7. The van der Waals surface area contributed by atoms with Crippen LogP contribution in [-0.4, -0.2) is 34.6 Å². The van der Waals surface area contributed by atoms with Gasteiger partial charge in [0.15, 0.2) is 0 Å². The molecule has 0 bridgehead atoms. The van der Waals surface area contributed by atoms with Gasteiger partial charge in [-0.1, -0.05) is 37.3 Å². The maximum absolute atomic E-state index is 12.8. The number of amides is 1. The number of para-hydroxylation sites is 1. The van der Waals surface area contributed by atoms with E-state index in [0.717, 1.165) is 34.0 Å². The van der Waals surface area contributed by atoms with Crippen LogP contribution in [0, 0.1) is 19.8 Å². The van der Waals surface area contributed by atoms with Crippen molar-refractivity contribution in [3.8, 4) is 11.4 Å². The molecule has 1 aliphatic heterocycles. The average Bonchev–Trinajstić information content (AvgIpc) is 3.35. The molecular formula is C25H30N6O2. The second-order valence-electron chi connectivity index (χ2n) is 8.17. The third-order valence-corrected chi connectivity index (χ3v) is 6.00. The summed E-state index contributed by atoms with van der Waals surface area (Å²) in [6, 6.07) is 17.5. The molecule has 1 aliphatic rings. The minimum absolute atomic E-state index is 0.00833. The molecule has 3 atom stereocenters. The Morgan fingerprint density at radius 2 is 1.88 bits per heavy atom. The van der Waals surface area contributed by atoms with Gasteiger partial charge in [0, 0.05) is 11.5 Å². The van der Waals surface area contributed by atoms with E-state index in [-0.39, 0.29) is 17.9 Å². The monoisotopic (exact) mass is 446 g/mol. The van der Waals surface area contributed by atoms with Crippen LogP contribution in [0.3, 0.4) is 0 Å². The van der Waals surface area contributed by atoms with Crippen LogP contribution in [-0.2, 0) is 4.79 Å². The van der Waals surface area contributed by atoms with Crippen molar-refractivity contribution in [2.45, 2.75) is 39.8 Å². The number of carbonyl (C=O) groups is 1. The number of hydrogen-bond donors (Lipinski definition) is 3. The number of nitrogens with one attached hydrogen (secondary N) is 3. The number of hydrazone groups is 1. The Morgan fingerprint density at radius 3 is 2.58 bits per heavy atom. The van der Waals surface area contributed by atoms with E-state index in [1.807, 2.05) is 87.0 Å². The molecule has 1 fully saturated rings. The van der Waals surface area contributed by atoms with Crippen molar-refractivity contribution in [1.82, 2.24) is 26.1 Å². The molecule has 1 aromatic heterocycles. The zero-order valence-corrected chi connectivity index (χ0v) is 19.4. The average molecular weight is 447 g/mol. The first-order chi connectivity index (χ1) is 16.0. The van der Waals surface area contributed by atoms with Crippen molar-refractivity contribution in [3.05, 3.63) is 77.1 Å². The minimum Gasteiger partial charge on any atom is -0.494 e. The van der Waals surface area contributed by atoms with Gasteiger partial charge in [-0.05, 0) is 50.6 Å². The molecule has 1 amide bonds. The van der Waals surface area contributed by atoms with Gasteiger partial charge in [-0.2, -0.15) is 10.2 Å². The highest BCUT2D eigenvalue weighted by Crippen LogP contribution is 2.29. The molecule has 1 saturated heterocycles. The third kappa shape index (κ3) is 4.81. The number of carbonyl (C=O) groups excluding carboxylic acids is 1. The van der Waals surface area contributed by atoms with Gasteiger partial charge in [-0.25, -0.2) is 21.0 Å². The Kier molecular flexibility index (Phi) is 6.86. The van der Waals surface area contributed by atoms with Crippen molar-refractivity contribution in [2.75, 3.05) is 6.61 Å². The molecule has 0 radical (unpaired) electrons. The molecule has 172 valence electrons. The van der Waals surface area contributed by atoms with Crippen LogP contribution in [0.2, 0.25) is 0 Å². The molecule has 33 heavy (non-hydrogen) atoms. The summed E-state index contributed by atoms with van der Waals surface area (Å²) in [7, 11) is 0. The summed E-state index contributed by atoms with van der Waals surface area (Å²) in [6.45, 7) is 8.56. The van der Waals surface area contributed by atoms with Crippen molar-refractivity contribution in [1.29, 1.82) is 0 Å². The van der Waals surface area contributed by atoms with Crippen molar-refractivity contribution in [3.63, 3.8) is 0 Å². The van der Waals surface area contributed by atoms with Crippen LogP contribution in [0.5, 0.6) is 5.75 Å². The summed E-state index contributed by atoms with van der Waals surface area (Å²) in [5, 5.41) is 8.83. The zero-order chi connectivity index (χ0) is 23.4. The number of aryl methyl sites for hydroxylation is 1. The highest BCUT2D eigenvalue weighted by molar-refractivity contribution is 5.86. The molecule has 0 aliphatic carbocycles. The highest BCUT2D eigenvalue weighted by Gasteiger charge is 2.37. The van der Waals surface area contributed by atoms with E-state index in [1.165, 1.54) is 0 Å². The van der Waals surface area contributed by atoms with Gasteiger partial charge >= 0.3 is 0 Å². The van der Waals surface area contributed by atoms with Gasteiger partial charge in [-0.3, -0.25) is 4.79 Å². The first-order valence-corrected chi connectivity index (χ1v) is 11.2. The van der Waals surface area contributed by atoms with E-state index in [9.17, 15) is 4.79 Å². The van der Waals surface area contributed by atoms with Gasteiger partial charge in [-0.15, -0.1) is 0 Å². The van der Waals surface area contributed by atoms with Crippen LogP contribution < -0.4 is 21.0 Å². The molecule has 3 N–H and O–H groups in total. The Bertz CT molecular complexity index is 1120. The summed E-state index contributed by atoms with van der Waals surface area (Å²) >= 11 is 0. The molecule has 8 nitrogen and oxygen atoms in total. The number of rotatable bonds is 7. The lowest BCUT2D eigenvalue weighted by atomic mass is 9.91. The van der Waals surface area contributed by atoms with Crippen molar-refractivity contribution in [2.24, 2.45) is 11.0 Å². The number of hydrogen-bond acceptors (Lipinski definition) is 6. The quantitative estimate of drug-likeness (QED) is 0.383. The molecular weight excluding hydrogens is 416 g/mol. The smallest absolute Gasteiger partial charge is 0.258 e. The standard InChI is InChI=1S/C25H30N6O2/c1-5-33-21-13-11-19(12-14-21)23-16(2)24(28-27-23)25(32)29-26-15-22-17(3)30-31(18(22)4)20-9-7-6-8-10-20/h6-16,23-24,27-28H,5H2,1-4H3,(H,29,32)/b26-15+. The summed E-state index contributed by atoms with van der Waals surface area (Å²) in [6.07, 6.45) is 1.66. The lowest BCUT2D eigenvalue weighted by Crippen LogP contribution is -2.43. The van der Waals surface area contributed by atoms with Crippen LogP contribution in [0.15, 0.2) is 59.7 Å². The topological polar surface area (TPSA) is 92.6 Å². The third-order valence-electron chi connectivity index (χ3n) is 6.00. The fourth-order valence-corrected chi connectivity index (χ4v) is 4.16. The van der Waals surface area contributed by atoms with Crippen molar-refractivity contribution < 1.29 is 9.53 Å². The summed E-state index contributed by atoms with van der Waals surface area (Å²) in [4.78, 5) is 12.8. The molecule has 2 aromatic carbocycles. The number of nitrogens with zero attached hydrogens (tertiary/aromatic N) is 3. The lowest BCUT2D eigenvalue weighted by Gasteiger charge is -2.18. The Balaban J connectivity index is 1.40. The second kappa shape index (κ2) is 9.97.